The zero-order valence-electron chi connectivity index (χ0n) is 17.3. The van der Waals surface area contributed by atoms with Crippen molar-refractivity contribution in [1.82, 2.24) is 8.87 Å². The number of halogens is 1. The molecule has 32 heavy (non-hydrogen) atoms. The minimum Gasteiger partial charge on any atom is -0.465 e. The molecule has 170 valence electrons. The second kappa shape index (κ2) is 9.06. The number of aryl methyl sites for hydroxylation is 1. The number of thiophene rings is 1. The molecule has 8 nitrogen and oxygen atoms in total. The van der Waals surface area contributed by atoms with E-state index in [-0.39, 0.29) is 10.8 Å². The summed E-state index contributed by atoms with van der Waals surface area (Å²) >= 11 is 8.15. The van der Waals surface area contributed by atoms with Crippen molar-refractivity contribution in [3.8, 4) is 0 Å². The molecular weight excluding hydrogens is 494 g/mol. The molecule has 1 atom stereocenters. The molecule has 2 aromatic heterocycles. The minimum absolute atomic E-state index is 0.114. The van der Waals surface area contributed by atoms with Crippen LogP contribution in [-0.2, 0) is 26.1 Å². The molecule has 3 heterocycles. The van der Waals surface area contributed by atoms with Crippen LogP contribution < -0.4 is 4.80 Å². The van der Waals surface area contributed by atoms with E-state index in [4.69, 9.17) is 16.3 Å². The quantitative estimate of drug-likeness (QED) is 0.486. The molecule has 0 saturated carbocycles. The second-order valence-electron chi connectivity index (χ2n) is 7.09. The normalized spacial score (nSPS) is 17.8. The Bertz CT molecular complexity index is 1370. The van der Waals surface area contributed by atoms with Gasteiger partial charge in [0.05, 0.1) is 27.2 Å². The summed E-state index contributed by atoms with van der Waals surface area (Å²) in [6, 6.07) is 7.28. The largest absolute Gasteiger partial charge is 0.465 e. The van der Waals surface area contributed by atoms with Gasteiger partial charge in [-0.1, -0.05) is 22.9 Å². The first-order valence-corrected chi connectivity index (χ1v) is 13.3. The Kier molecular flexibility index (Phi) is 6.55. The number of aromatic nitrogens is 1. The van der Waals surface area contributed by atoms with Gasteiger partial charge < -0.3 is 9.30 Å². The van der Waals surface area contributed by atoms with E-state index in [0.717, 1.165) is 21.6 Å². The highest BCUT2D eigenvalue weighted by Gasteiger charge is 2.40. The average Bonchev–Trinajstić information content (AvgIpc) is 3.50. The van der Waals surface area contributed by atoms with Gasteiger partial charge in [-0.15, -0.1) is 11.3 Å². The number of thiazole rings is 1. The maximum Gasteiger partial charge on any atom is 0.337 e. The summed E-state index contributed by atoms with van der Waals surface area (Å²) in [5.74, 6) is -0.950. The van der Waals surface area contributed by atoms with Crippen molar-refractivity contribution in [1.29, 1.82) is 0 Å². The van der Waals surface area contributed by atoms with Gasteiger partial charge in [-0.3, -0.25) is 4.79 Å². The number of hydrogen-bond donors (Lipinski definition) is 0. The van der Waals surface area contributed by atoms with Gasteiger partial charge in [0.2, 0.25) is 0 Å². The summed E-state index contributed by atoms with van der Waals surface area (Å²) in [7, 11) is -2.51. The lowest BCUT2D eigenvalue weighted by atomic mass is 10.2. The predicted octanol–water partition coefficient (Wildman–Crippen LogP) is 3.50. The third kappa shape index (κ3) is 4.15. The van der Waals surface area contributed by atoms with Gasteiger partial charge in [-0.05, 0) is 50.1 Å². The van der Waals surface area contributed by atoms with Crippen LogP contribution in [-0.4, -0.2) is 48.9 Å². The fraction of sp³-hybridized carbons (Fsp3) is 0.350. The molecule has 3 aromatic rings. The average molecular weight is 514 g/mol. The molecule has 1 unspecified atom stereocenters. The van der Waals surface area contributed by atoms with Crippen molar-refractivity contribution in [3.05, 3.63) is 45.0 Å². The number of ether oxygens (including phenoxy) is 1. The van der Waals surface area contributed by atoms with Gasteiger partial charge in [0.1, 0.15) is 10.3 Å². The zero-order valence-corrected chi connectivity index (χ0v) is 20.5. The number of rotatable bonds is 5. The molecule has 0 radical (unpaired) electrons. The first-order valence-electron chi connectivity index (χ1n) is 9.83. The maximum atomic E-state index is 13.1. The number of amides is 1. The number of methoxy groups -OCH3 is 1. The molecule has 1 saturated heterocycles. The molecule has 12 heteroatoms. The number of carbonyl (C=O) groups is 2. The summed E-state index contributed by atoms with van der Waals surface area (Å²) < 4.78 is 35.2. The first kappa shape index (κ1) is 23.1. The number of sulfonamides is 1. The van der Waals surface area contributed by atoms with Crippen molar-refractivity contribution < 1.29 is 22.7 Å². The van der Waals surface area contributed by atoms with Crippen LogP contribution in [0.1, 0.15) is 30.1 Å². The molecule has 1 amide bonds. The molecule has 1 aromatic carbocycles. The molecule has 0 bridgehead atoms. The van der Waals surface area contributed by atoms with Crippen molar-refractivity contribution in [3.63, 3.8) is 0 Å². The van der Waals surface area contributed by atoms with Crippen LogP contribution in [0, 0.1) is 0 Å². The summed E-state index contributed by atoms with van der Waals surface area (Å²) in [6.45, 7) is 2.74. The predicted molar refractivity (Wildman–Crippen MR) is 124 cm³/mol. The van der Waals surface area contributed by atoms with Crippen molar-refractivity contribution in [2.75, 3.05) is 13.7 Å². The highest BCUT2D eigenvalue weighted by atomic mass is 35.5. The van der Waals surface area contributed by atoms with E-state index in [0.29, 0.717) is 34.1 Å². The van der Waals surface area contributed by atoms with E-state index in [1.165, 1.54) is 34.9 Å². The fourth-order valence-corrected chi connectivity index (χ4v) is 8.11. The highest BCUT2D eigenvalue weighted by molar-refractivity contribution is 7.91. The highest BCUT2D eigenvalue weighted by Crippen LogP contribution is 2.32. The third-order valence-electron chi connectivity index (χ3n) is 5.23. The fourth-order valence-electron chi connectivity index (χ4n) is 3.70. The second-order valence-corrected chi connectivity index (χ2v) is 11.9. The molecule has 1 aliphatic rings. The number of esters is 1. The standard InChI is InChI=1S/C20H20ClN3O5S3/c1-3-23-13-7-6-12(19(26)29-2)11-15(13)30-20(23)22-18(25)14-5-4-10-24(14)32(27,28)17-9-8-16(21)31-17/h6-9,11,14H,3-5,10H2,1-2H3. The molecular formula is C20H20ClN3O5S3. The molecule has 4 rings (SSSR count). The third-order valence-corrected chi connectivity index (χ3v) is 9.87. The van der Waals surface area contributed by atoms with Gasteiger partial charge in [-0.2, -0.15) is 9.30 Å². The zero-order chi connectivity index (χ0) is 23.0. The van der Waals surface area contributed by atoms with Gasteiger partial charge in [-0.25, -0.2) is 13.2 Å². The van der Waals surface area contributed by atoms with Crippen LogP contribution in [0.4, 0.5) is 0 Å². The Morgan fingerprint density at radius 1 is 1.25 bits per heavy atom. The van der Waals surface area contributed by atoms with Crippen LogP contribution in [0.5, 0.6) is 0 Å². The Morgan fingerprint density at radius 2 is 2.03 bits per heavy atom. The number of fused-ring (bicyclic) bond motifs is 1. The smallest absolute Gasteiger partial charge is 0.337 e. The van der Waals surface area contributed by atoms with E-state index in [2.05, 4.69) is 4.99 Å². The van der Waals surface area contributed by atoms with Crippen LogP contribution in [0.3, 0.4) is 0 Å². The molecule has 1 aliphatic heterocycles. The SMILES string of the molecule is CCn1c(=NC(=O)C2CCCN2S(=O)(=O)c2ccc(Cl)s2)sc2cc(C(=O)OC)ccc21. The molecule has 1 fully saturated rings. The van der Waals surface area contributed by atoms with Gasteiger partial charge >= 0.3 is 5.97 Å². The number of hydrogen-bond acceptors (Lipinski definition) is 7. The monoisotopic (exact) mass is 513 g/mol. The van der Waals surface area contributed by atoms with E-state index in [1.54, 1.807) is 18.2 Å². The first-order chi connectivity index (χ1) is 15.3. The molecule has 0 N–H and O–H groups in total. The van der Waals surface area contributed by atoms with Crippen molar-refractivity contribution in [2.45, 2.75) is 36.6 Å². The number of carbonyl (C=O) groups excluding carboxylic acids is 2. The van der Waals surface area contributed by atoms with Gasteiger partial charge in [0.15, 0.2) is 4.80 Å². The van der Waals surface area contributed by atoms with Crippen molar-refractivity contribution >= 4 is 66.4 Å². The van der Waals surface area contributed by atoms with Gasteiger partial charge in [0, 0.05) is 13.1 Å². The van der Waals surface area contributed by atoms with Crippen LogP contribution in [0.2, 0.25) is 4.34 Å². The van der Waals surface area contributed by atoms with Crippen LogP contribution in [0.25, 0.3) is 10.2 Å². The summed E-state index contributed by atoms with van der Waals surface area (Å²) in [5.41, 5.74) is 1.24. The lowest BCUT2D eigenvalue weighted by Gasteiger charge is -2.20. The maximum absolute atomic E-state index is 13.1. The van der Waals surface area contributed by atoms with E-state index < -0.39 is 27.9 Å². The summed E-state index contributed by atoms with van der Waals surface area (Å²) in [4.78, 5) is 29.7. The summed E-state index contributed by atoms with van der Waals surface area (Å²) in [5, 5.41) is 0. The van der Waals surface area contributed by atoms with Gasteiger partial charge in [0.25, 0.3) is 15.9 Å². The number of benzene rings is 1. The Hall–Kier alpha value is -2.05. The molecule has 0 spiro atoms. The van der Waals surface area contributed by atoms with E-state index in [1.807, 2.05) is 11.5 Å². The van der Waals surface area contributed by atoms with Crippen LogP contribution >= 0.6 is 34.3 Å². The summed E-state index contributed by atoms with van der Waals surface area (Å²) in [6.07, 6.45) is 0.983. The Labute approximate surface area is 197 Å². The Balaban J connectivity index is 1.71. The van der Waals surface area contributed by atoms with Crippen LogP contribution in [0.15, 0.2) is 39.5 Å². The topological polar surface area (TPSA) is 98.0 Å². The number of nitrogens with zero attached hydrogens (tertiary/aromatic N) is 3. The lowest BCUT2D eigenvalue weighted by molar-refractivity contribution is -0.121. The molecule has 0 aliphatic carbocycles. The van der Waals surface area contributed by atoms with E-state index >= 15 is 0 Å². The van der Waals surface area contributed by atoms with Crippen molar-refractivity contribution in [2.24, 2.45) is 4.99 Å². The van der Waals surface area contributed by atoms with E-state index in [9.17, 15) is 18.0 Å². The Morgan fingerprint density at radius 3 is 2.69 bits per heavy atom. The minimum atomic E-state index is -3.83. The lowest BCUT2D eigenvalue weighted by Crippen LogP contribution is -2.40.